The number of para-hydroxylation sites is 1. The Morgan fingerprint density at radius 3 is 2.79 bits per heavy atom. The third kappa shape index (κ3) is 2.72. The Hall–Kier alpha value is -2.86. The molecule has 0 saturated heterocycles. The van der Waals surface area contributed by atoms with Crippen molar-refractivity contribution in [2.24, 2.45) is 0 Å². The van der Waals surface area contributed by atoms with Crippen LogP contribution in [0.15, 0.2) is 55.1 Å². The number of nitrogens with zero attached hydrogens (tertiary/aromatic N) is 2. The summed E-state index contributed by atoms with van der Waals surface area (Å²) in [6.07, 6.45) is 1.08. The second-order valence-corrected chi connectivity index (χ2v) is 5.71. The fourth-order valence-electron chi connectivity index (χ4n) is 2.72. The van der Waals surface area contributed by atoms with E-state index < -0.39 is 11.1 Å². The van der Waals surface area contributed by atoms with Crippen LogP contribution in [0.25, 0.3) is 0 Å². The summed E-state index contributed by atoms with van der Waals surface area (Å²) in [6.45, 7) is 3.99. The number of anilines is 1. The zero-order valence-corrected chi connectivity index (χ0v) is 13.4. The maximum absolute atomic E-state index is 12.8. The number of nitrogens with one attached hydrogen (secondary N) is 1. The van der Waals surface area contributed by atoms with Crippen molar-refractivity contribution in [1.82, 2.24) is 4.90 Å². The number of carbonyl (C=O) groups is 1. The van der Waals surface area contributed by atoms with Gasteiger partial charge >= 0.3 is 0 Å². The number of carbonyl (C=O) groups excluding carboxylic acids is 1. The molecule has 2 aromatic carbocycles. The van der Waals surface area contributed by atoms with E-state index in [1.165, 1.54) is 12.1 Å². The first-order valence-electron chi connectivity index (χ1n) is 7.24. The van der Waals surface area contributed by atoms with Gasteiger partial charge in [0.05, 0.1) is 10.5 Å². The monoisotopic (exact) mass is 343 g/mol. The van der Waals surface area contributed by atoms with Crippen LogP contribution in [0.4, 0.5) is 11.4 Å². The molecule has 24 heavy (non-hydrogen) atoms. The van der Waals surface area contributed by atoms with Gasteiger partial charge in [0, 0.05) is 23.9 Å². The first-order chi connectivity index (χ1) is 11.5. The van der Waals surface area contributed by atoms with Crippen LogP contribution in [-0.2, 0) is 0 Å². The molecular weight excluding hydrogens is 330 g/mol. The normalized spacial score (nSPS) is 16.3. The lowest BCUT2D eigenvalue weighted by atomic mass is 10.0. The second kappa shape index (κ2) is 6.33. The van der Waals surface area contributed by atoms with Gasteiger partial charge in [0.15, 0.2) is 0 Å². The Bertz CT molecular complexity index is 838. The van der Waals surface area contributed by atoms with Crippen LogP contribution in [0.1, 0.15) is 22.1 Å². The molecule has 0 spiro atoms. The van der Waals surface area contributed by atoms with Crippen molar-refractivity contribution >= 4 is 28.9 Å². The number of hydrogen-bond donors (Lipinski definition) is 1. The summed E-state index contributed by atoms with van der Waals surface area (Å²) in [4.78, 5) is 24.9. The Morgan fingerprint density at radius 2 is 2.08 bits per heavy atom. The third-order valence-corrected chi connectivity index (χ3v) is 4.15. The Morgan fingerprint density at radius 1 is 1.33 bits per heavy atom. The van der Waals surface area contributed by atoms with Crippen molar-refractivity contribution < 1.29 is 9.72 Å². The molecule has 122 valence electrons. The summed E-state index contributed by atoms with van der Waals surface area (Å²) in [5, 5.41) is 14.4. The lowest BCUT2D eigenvalue weighted by Crippen LogP contribution is -2.43. The predicted octanol–water partition coefficient (Wildman–Crippen LogP) is 4.00. The molecule has 1 atom stereocenters. The van der Waals surface area contributed by atoms with Crippen LogP contribution in [-0.4, -0.2) is 22.3 Å². The molecule has 0 bridgehead atoms. The number of hydrogen-bond acceptors (Lipinski definition) is 4. The average molecular weight is 344 g/mol. The van der Waals surface area contributed by atoms with Crippen LogP contribution in [0, 0.1) is 10.1 Å². The number of rotatable bonds is 4. The topological polar surface area (TPSA) is 75.5 Å². The molecule has 2 aromatic rings. The summed E-state index contributed by atoms with van der Waals surface area (Å²) in [7, 11) is 0. The molecule has 0 radical (unpaired) electrons. The third-order valence-electron chi connectivity index (χ3n) is 3.83. The number of amides is 1. The minimum absolute atomic E-state index is 0.0570. The van der Waals surface area contributed by atoms with Gasteiger partial charge in [-0.05, 0) is 18.2 Å². The second-order valence-electron chi connectivity index (χ2n) is 5.31. The molecule has 1 unspecified atom stereocenters. The molecule has 3 rings (SSSR count). The molecular formula is C17H14ClN3O3. The van der Waals surface area contributed by atoms with Crippen molar-refractivity contribution in [2.45, 2.75) is 6.17 Å². The Kier molecular flexibility index (Phi) is 4.22. The fraction of sp³-hybridized carbons (Fsp3) is 0.118. The standard InChI is InChI=1S/C17H14ClN3O3/c1-2-9-20-16(11-7-8-13(18)15(10-11)21(23)24)19-14-6-4-3-5-12(14)17(20)22/h2-8,10,16,19H,1,9H2. The largest absolute Gasteiger partial charge is 0.361 e. The van der Waals surface area contributed by atoms with E-state index in [9.17, 15) is 14.9 Å². The van der Waals surface area contributed by atoms with Crippen LogP contribution in [0.2, 0.25) is 5.02 Å². The first kappa shape index (κ1) is 16.0. The molecule has 0 aliphatic carbocycles. The van der Waals surface area contributed by atoms with Crippen molar-refractivity contribution in [3.63, 3.8) is 0 Å². The molecule has 1 heterocycles. The van der Waals surface area contributed by atoms with Gasteiger partial charge in [-0.2, -0.15) is 0 Å². The molecule has 1 aliphatic heterocycles. The summed E-state index contributed by atoms with van der Waals surface area (Å²) in [5.41, 5.74) is 1.63. The van der Waals surface area contributed by atoms with Gasteiger partial charge in [0.25, 0.3) is 11.6 Å². The van der Waals surface area contributed by atoms with Gasteiger partial charge in [0.1, 0.15) is 11.2 Å². The highest BCUT2D eigenvalue weighted by molar-refractivity contribution is 6.32. The SMILES string of the molecule is C=CCN1C(=O)c2ccccc2NC1c1ccc(Cl)c([N+](=O)[O-])c1. The molecule has 7 heteroatoms. The van der Waals surface area contributed by atoms with Gasteiger partial charge in [-0.15, -0.1) is 6.58 Å². The fourth-order valence-corrected chi connectivity index (χ4v) is 2.91. The van der Waals surface area contributed by atoms with E-state index >= 15 is 0 Å². The highest BCUT2D eigenvalue weighted by Crippen LogP contribution is 2.35. The highest BCUT2D eigenvalue weighted by atomic mass is 35.5. The minimum Gasteiger partial charge on any atom is -0.361 e. The summed E-state index contributed by atoms with van der Waals surface area (Å²) < 4.78 is 0. The zero-order chi connectivity index (χ0) is 17.3. The number of benzene rings is 2. The van der Waals surface area contributed by atoms with E-state index in [-0.39, 0.29) is 16.6 Å². The van der Waals surface area contributed by atoms with E-state index in [4.69, 9.17) is 11.6 Å². The van der Waals surface area contributed by atoms with Crippen molar-refractivity contribution in [2.75, 3.05) is 11.9 Å². The van der Waals surface area contributed by atoms with E-state index in [0.717, 1.165) is 0 Å². The molecule has 0 fully saturated rings. The van der Waals surface area contributed by atoms with E-state index in [0.29, 0.717) is 23.4 Å². The molecule has 1 amide bonds. The zero-order valence-electron chi connectivity index (χ0n) is 12.6. The summed E-state index contributed by atoms with van der Waals surface area (Å²) >= 11 is 5.88. The molecule has 1 aliphatic rings. The number of halogens is 1. The maximum atomic E-state index is 12.8. The van der Waals surface area contributed by atoms with Gasteiger partial charge in [-0.1, -0.05) is 35.9 Å². The van der Waals surface area contributed by atoms with Crippen molar-refractivity contribution in [3.8, 4) is 0 Å². The Labute approximate surface area is 143 Å². The quantitative estimate of drug-likeness (QED) is 0.517. The predicted molar refractivity (Wildman–Crippen MR) is 92.1 cm³/mol. The maximum Gasteiger partial charge on any atom is 0.288 e. The van der Waals surface area contributed by atoms with Crippen LogP contribution < -0.4 is 5.32 Å². The molecule has 0 saturated carbocycles. The highest BCUT2D eigenvalue weighted by Gasteiger charge is 2.32. The average Bonchev–Trinajstić information content (AvgIpc) is 2.57. The van der Waals surface area contributed by atoms with Crippen LogP contribution in [0.3, 0.4) is 0 Å². The van der Waals surface area contributed by atoms with E-state index in [2.05, 4.69) is 11.9 Å². The summed E-state index contributed by atoms with van der Waals surface area (Å²) in [5.74, 6) is -0.160. The molecule has 1 N–H and O–H groups in total. The first-order valence-corrected chi connectivity index (χ1v) is 7.62. The van der Waals surface area contributed by atoms with Crippen molar-refractivity contribution in [1.29, 1.82) is 0 Å². The van der Waals surface area contributed by atoms with Crippen LogP contribution >= 0.6 is 11.6 Å². The van der Waals surface area contributed by atoms with E-state index in [1.807, 2.05) is 6.07 Å². The van der Waals surface area contributed by atoms with Crippen molar-refractivity contribution in [3.05, 3.63) is 81.4 Å². The Balaban J connectivity index is 2.09. The lowest BCUT2D eigenvalue weighted by molar-refractivity contribution is -0.384. The number of fused-ring (bicyclic) bond motifs is 1. The van der Waals surface area contributed by atoms with Gasteiger partial charge in [-0.3, -0.25) is 14.9 Å². The smallest absolute Gasteiger partial charge is 0.288 e. The number of nitro groups is 1. The molecule has 0 aromatic heterocycles. The van der Waals surface area contributed by atoms with Gasteiger partial charge in [-0.25, -0.2) is 0 Å². The van der Waals surface area contributed by atoms with E-state index in [1.54, 1.807) is 35.2 Å². The lowest BCUT2D eigenvalue weighted by Gasteiger charge is -2.37. The number of nitro benzene ring substituents is 1. The molecule has 6 nitrogen and oxygen atoms in total. The summed E-state index contributed by atoms with van der Waals surface area (Å²) in [6, 6.07) is 11.7. The van der Waals surface area contributed by atoms with Crippen LogP contribution in [0.5, 0.6) is 0 Å². The minimum atomic E-state index is -0.540. The van der Waals surface area contributed by atoms with Gasteiger partial charge in [0.2, 0.25) is 0 Å². The van der Waals surface area contributed by atoms with Gasteiger partial charge < -0.3 is 10.2 Å².